The van der Waals surface area contributed by atoms with E-state index in [0.29, 0.717) is 12.1 Å². The summed E-state index contributed by atoms with van der Waals surface area (Å²) in [6.45, 7) is 4.67. The van der Waals surface area contributed by atoms with Crippen LogP contribution in [0, 0.1) is 0 Å². The highest BCUT2D eigenvalue weighted by molar-refractivity contribution is 5.74. The number of aryl methyl sites for hydroxylation is 1. The summed E-state index contributed by atoms with van der Waals surface area (Å²) in [5.74, 6) is 1.35. The summed E-state index contributed by atoms with van der Waals surface area (Å²) in [4.78, 5) is 20.8. The molecule has 1 amide bonds. The fourth-order valence-corrected chi connectivity index (χ4v) is 3.80. The zero-order valence-electron chi connectivity index (χ0n) is 12.5. The first-order valence-electron chi connectivity index (χ1n) is 7.64. The molecule has 2 saturated heterocycles. The third-order valence-corrected chi connectivity index (χ3v) is 4.83. The Morgan fingerprint density at radius 1 is 1.30 bits per heavy atom. The molecule has 0 N–H and O–H groups in total. The largest absolute Gasteiger partial charge is 0.338 e. The summed E-state index contributed by atoms with van der Waals surface area (Å²) >= 11 is 0. The first-order valence-corrected chi connectivity index (χ1v) is 7.64. The van der Waals surface area contributed by atoms with E-state index in [1.165, 1.54) is 12.8 Å². The molecule has 0 bridgehead atoms. The van der Waals surface area contributed by atoms with Gasteiger partial charge in [0.25, 0.3) is 0 Å². The Bertz CT molecular complexity index is 484. The quantitative estimate of drug-likeness (QED) is 0.838. The SMILES string of the molecule is CC(=O)N1CCC[C@@H]1[C@H]1CCCN1Cc1nccn1C. The fourth-order valence-electron chi connectivity index (χ4n) is 3.80. The van der Waals surface area contributed by atoms with Gasteiger partial charge in [-0.15, -0.1) is 0 Å². The lowest BCUT2D eigenvalue weighted by Crippen LogP contribution is -2.47. The van der Waals surface area contributed by atoms with Gasteiger partial charge in [0.1, 0.15) is 5.82 Å². The van der Waals surface area contributed by atoms with Gasteiger partial charge in [-0.1, -0.05) is 0 Å². The van der Waals surface area contributed by atoms with Crippen molar-refractivity contribution < 1.29 is 4.79 Å². The summed E-state index contributed by atoms with van der Waals surface area (Å²) < 4.78 is 2.09. The Labute approximate surface area is 120 Å². The van der Waals surface area contributed by atoms with E-state index in [1.807, 2.05) is 19.4 Å². The molecule has 2 atom stereocenters. The second kappa shape index (κ2) is 5.56. The summed E-state index contributed by atoms with van der Waals surface area (Å²) in [6, 6.07) is 0.924. The zero-order chi connectivity index (χ0) is 14.1. The number of rotatable bonds is 3. The predicted octanol–water partition coefficient (Wildman–Crippen LogP) is 1.40. The number of hydrogen-bond donors (Lipinski definition) is 0. The van der Waals surface area contributed by atoms with Gasteiger partial charge in [-0.3, -0.25) is 9.69 Å². The van der Waals surface area contributed by atoms with Crippen molar-refractivity contribution in [2.45, 2.75) is 51.2 Å². The topological polar surface area (TPSA) is 41.4 Å². The lowest BCUT2D eigenvalue weighted by molar-refractivity contribution is -0.130. The van der Waals surface area contributed by atoms with Crippen LogP contribution in [0.5, 0.6) is 0 Å². The van der Waals surface area contributed by atoms with Crippen LogP contribution >= 0.6 is 0 Å². The van der Waals surface area contributed by atoms with Crippen molar-refractivity contribution >= 4 is 5.91 Å². The minimum absolute atomic E-state index is 0.233. The fraction of sp³-hybridized carbons (Fsp3) is 0.733. The molecule has 0 unspecified atom stereocenters. The molecule has 2 aliphatic heterocycles. The second-order valence-corrected chi connectivity index (χ2v) is 6.06. The van der Waals surface area contributed by atoms with Crippen molar-refractivity contribution in [1.29, 1.82) is 0 Å². The number of carbonyl (C=O) groups is 1. The van der Waals surface area contributed by atoms with Crippen molar-refractivity contribution in [3.05, 3.63) is 18.2 Å². The molecular formula is C15H24N4O. The Morgan fingerprint density at radius 3 is 2.75 bits per heavy atom. The monoisotopic (exact) mass is 276 g/mol. The lowest BCUT2D eigenvalue weighted by Gasteiger charge is -2.34. The van der Waals surface area contributed by atoms with Crippen LogP contribution in [0.3, 0.4) is 0 Å². The van der Waals surface area contributed by atoms with E-state index in [4.69, 9.17) is 0 Å². The van der Waals surface area contributed by atoms with Gasteiger partial charge >= 0.3 is 0 Å². The van der Waals surface area contributed by atoms with E-state index >= 15 is 0 Å². The Morgan fingerprint density at radius 2 is 2.05 bits per heavy atom. The minimum atomic E-state index is 0.233. The molecule has 1 aromatic heterocycles. The maximum atomic E-state index is 11.8. The molecule has 2 aliphatic rings. The van der Waals surface area contributed by atoms with E-state index in [2.05, 4.69) is 19.4 Å². The Kier molecular flexibility index (Phi) is 3.78. The van der Waals surface area contributed by atoms with Crippen LogP contribution in [0.1, 0.15) is 38.4 Å². The predicted molar refractivity (Wildman–Crippen MR) is 77.0 cm³/mol. The molecule has 3 rings (SSSR count). The highest BCUT2D eigenvalue weighted by Gasteiger charge is 2.38. The van der Waals surface area contributed by atoms with Gasteiger partial charge < -0.3 is 9.47 Å². The van der Waals surface area contributed by atoms with E-state index in [1.54, 1.807) is 6.92 Å². The molecule has 2 fully saturated rings. The first-order chi connectivity index (χ1) is 9.66. The van der Waals surface area contributed by atoms with Crippen molar-refractivity contribution in [3.8, 4) is 0 Å². The number of carbonyl (C=O) groups excluding carboxylic acids is 1. The van der Waals surface area contributed by atoms with Gasteiger partial charge in [-0.2, -0.15) is 0 Å². The average Bonchev–Trinajstić information content (AvgIpc) is 3.11. The maximum Gasteiger partial charge on any atom is 0.219 e. The molecule has 110 valence electrons. The van der Waals surface area contributed by atoms with E-state index in [-0.39, 0.29) is 5.91 Å². The van der Waals surface area contributed by atoms with Crippen LogP contribution in [0.25, 0.3) is 0 Å². The van der Waals surface area contributed by atoms with Crippen molar-refractivity contribution in [3.63, 3.8) is 0 Å². The molecule has 20 heavy (non-hydrogen) atoms. The van der Waals surface area contributed by atoms with Crippen LogP contribution in [-0.4, -0.2) is 50.4 Å². The lowest BCUT2D eigenvalue weighted by atomic mass is 10.0. The summed E-state index contributed by atoms with van der Waals surface area (Å²) in [5, 5.41) is 0. The van der Waals surface area contributed by atoms with Gasteiger partial charge in [-0.05, 0) is 32.2 Å². The standard InChI is InChI=1S/C15H24N4O/c1-12(20)19-9-4-6-14(19)13-5-3-8-18(13)11-15-16-7-10-17(15)2/h7,10,13-14H,3-6,8-9,11H2,1-2H3/t13-,14-/m1/s1. The Hall–Kier alpha value is -1.36. The second-order valence-electron chi connectivity index (χ2n) is 6.06. The molecule has 1 aromatic rings. The first kappa shape index (κ1) is 13.6. The smallest absolute Gasteiger partial charge is 0.219 e. The summed E-state index contributed by atoms with van der Waals surface area (Å²) in [5.41, 5.74) is 0. The minimum Gasteiger partial charge on any atom is -0.338 e. The molecule has 5 heteroatoms. The van der Waals surface area contributed by atoms with Crippen molar-refractivity contribution in [2.24, 2.45) is 7.05 Å². The zero-order valence-corrected chi connectivity index (χ0v) is 12.5. The van der Waals surface area contributed by atoms with Gasteiger partial charge in [-0.25, -0.2) is 4.98 Å². The molecule has 0 aliphatic carbocycles. The van der Waals surface area contributed by atoms with Gasteiger partial charge in [0.2, 0.25) is 5.91 Å². The van der Waals surface area contributed by atoms with Crippen LogP contribution in [0.15, 0.2) is 12.4 Å². The average molecular weight is 276 g/mol. The van der Waals surface area contributed by atoms with Crippen LogP contribution in [-0.2, 0) is 18.4 Å². The third-order valence-electron chi connectivity index (χ3n) is 4.83. The molecule has 0 saturated carbocycles. The van der Waals surface area contributed by atoms with Gasteiger partial charge in [0.15, 0.2) is 0 Å². The van der Waals surface area contributed by atoms with E-state index in [9.17, 15) is 4.79 Å². The molecule has 0 spiro atoms. The molecule has 3 heterocycles. The molecular weight excluding hydrogens is 252 g/mol. The maximum absolute atomic E-state index is 11.8. The molecule has 0 aromatic carbocycles. The normalized spacial score (nSPS) is 27.4. The van der Waals surface area contributed by atoms with Crippen LogP contribution in [0.4, 0.5) is 0 Å². The van der Waals surface area contributed by atoms with E-state index in [0.717, 1.165) is 38.3 Å². The number of aromatic nitrogens is 2. The molecule has 5 nitrogen and oxygen atoms in total. The van der Waals surface area contributed by atoms with Crippen molar-refractivity contribution in [2.75, 3.05) is 13.1 Å². The highest BCUT2D eigenvalue weighted by Crippen LogP contribution is 2.30. The number of likely N-dealkylation sites (tertiary alicyclic amines) is 2. The van der Waals surface area contributed by atoms with E-state index < -0.39 is 0 Å². The number of imidazole rings is 1. The third kappa shape index (κ3) is 2.46. The molecule has 0 radical (unpaired) electrons. The Balaban J connectivity index is 1.72. The van der Waals surface area contributed by atoms with Crippen LogP contribution < -0.4 is 0 Å². The summed E-state index contributed by atoms with van der Waals surface area (Å²) in [7, 11) is 2.05. The van der Waals surface area contributed by atoms with Crippen LogP contribution in [0.2, 0.25) is 0 Å². The number of hydrogen-bond acceptors (Lipinski definition) is 3. The van der Waals surface area contributed by atoms with Crippen molar-refractivity contribution in [1.82, 2.24) is 19.4 Å². The number of nitrogens with zero attached hydrogens (tertiary/aromatic N) is 4. The number of amides is 1. The highest BCUT2D eigenvalue weighted by atomic mass is 16.2. The summed E-state index contributed by atoms with van der Waals surface area (Å²) in [6.07, 6.45) is 8.60. The van der Waals surface area contributed by atoms with Gasteiger partial charge in [0.05, 0.1) is 6.54 Å². The van der Waals surface area contributed by atoms with Gasteiger partial charge in [0, 0.05) is 45.0 Å².